The molecule has 0 saturated carbocycles. The van der Waals surface area contributed by atoms with Crippen LogP contribution in [0.2, 0.25) is 0 Å². The topological polar surface area (TPSA) is 40.5 Å². The first kappa shape index (κ1) is 14.1. The second-order valence-electron chi connectivity index (χ2n) is 5.42. The lowest BCUT2D eigenvalue weighted by Gasteiger charge is -2.29. The Kier molecular flexibility index (Phi) is 3.72. The fraction of sp³-hybridized carbons (Fsp3) is 0.353. The van der Waals surface area contributed by atoms with Crippen LogP contribution in [0.25, 0.3) is 0 Å². The van der Waals surface area contributed by atoms with Crippen molar-refractivity contribution >= 4 is 22.9 Å². The molecule has 110 valence electrons. The monoisotopic (exact) mass is 301 g/mol. The van der Waals surface area contributed by atoms with E-state index in [1.807, 2.05) is 25.1 Å². The molecule has 0 spiro atoms. The molecule has 1 aromatic carbocycles. The van der Waals surface area contributed by atoms with Gasteiger partial charge in [-0.1, -0.05) is 19.1 Å². The van der Waals surface area contributed by atoms with Gasteiger partial charge in [-0.2, -0.15) is 0 Å². The number of carbonyl (C=O) groups excluding carboxylic acids is 1. The van der Waals surface area contributed by atoms with E-state index in [1.165, 1.54) is 10.4 Å². The van der Waals surface area contributed by atoms with Gasteiger partial charge in [0.15, 0.2) is 0 Å². The summed E-state index contributed by atoms with van der Waals surface area (Å²) in [5.41, 5.74) is 2.93. The molecule has 1 amide bonds. The molecule has 0 unspecified atom stereocenters. The predicted octanol–water partition coefficient (Wildman–Crippen LogP) is 3.92. The van der Waals surface area contributed by atoms with Gasteiger partial charge in [0.2, 0.25) is 0 Å². The van der Waals surface area contributed by atoms with Crippen LogP contribution in [0.3, 0.4) is 0 Å². The van der Waals surface area contributed by atoms with Crippen LogP contribution in [0.15, 0.2) is 24.3 Å². The standard InChI is InChI=1S/C17H19NO2S/c1-3-14-11(2)10-15(21-14)17(20)18-9-5-7-12-6-4-8-13(19)16(12)18/h4,6,8,10,19H,3,5,7,9H2,1-2H3. The molecule has 0 saturated heterocycles. The average molecular weight is 301 g/mol. The van der Waals surface area contributed by atoms with Crippen LogP contribution in [-0.2, 0) is 12.8 Å². The van der Waals surface area contributed by atoms with Crippen molar-refractivity contribution in [1.29, 1.82) is 0 Å². The minimum atomic E-state index is 0.00486. The van der Waals surface area contributed by atoms with E-state index in [1.54, 1.807) is 22.3 Å². The molecule has 0 bridgehead atoms. The maximum Gasteiger partial charge on any atom is 0.268 e. The zero-order valence-electron chi connectivity index (χ0n) is 12.3. The molecule has 21 heavy (non-hydrogen) atoms. The summed E-state index contributed by atoms with van der Waals surface area (Å²) < 4.78 is 0. The average Bonchev–Trinajstić information content (AvgIpc) is 2.87. The van der Waals surface area contributed by atoms with Gasteiger partial charge in [0, 0.05) is 11.4 Å². The summed E-state index contributed by atoms with van der Waals surface area (Å²) in [4.78, 5) is 16.6. The summed E-state index contributed by atoms with van der Waals surface area (Å²) in [5.74, 6) is 0.204. The Labute approximate surface area is 128 Å². The van der Waals surface area contributed by atoms with Crippen molar-refractivity contribution in [3.05, 3.63) is 45.1 Å². The number of anilines is 1. The first-order chi connectivity index (χ1) is 10.1. The minimum absolute atomic E-state index is 0.00486. The number of hydrogen-bond donors (Lipinski definition) is 1. The molecule has 1 aromatic heterocycles. The van der Waals surface area contributed by atoms with E-state index < -0.39 is 0 Å². The number of carbonyl (C=O) groups is 1. The quantitative estimate of drug-likeness (QED) is 0.913. The van der Waals surface area contributed by atoms with E-state index >= 15 is 0 Å². The Morgan fingerprint density at radius 3 is 2.95 bits per heavy atom. The Morgan fingerprint density at radius 1 is 1.43 bits per heavy atom. The highest BCUT2D eigenvalue weighted by molar-refractivity contribution is 7.14. The van der Waals surface area contributed by atoms with Crippen molar-refractivity contribution in [2.24, 2.45) is 0 Å². The van der Waals surface area contributed by atoms with Gasteiger partial charge in [-0.05, 0) is 49.4 Å². The van der Waals surface area contributed by atoms with Gasteiger partial charge in [0.1, 0.15) is 5.75 Å². The van der Waals surface area contributed by atoms with Crippen molar-refractivity contribution in [1.82, 2.24) is 0 Å². The Bertz CT molecular complexity index is 690. The van der Waals surface area contributed by atoms with Crippen LogP contribution in [0.5, 0.6) is 5.75 Å². The van der Waals surface area contributed by atoms with Crippen molar-refractivity contribution < 1.29 is 9.90 Å². The van der Waals surface area contributed by atoms with E-state index in [9.17, 15) is 9.90 Å². The fourth-order valence-corrected chi connectivity index (χ4v) is 4.01. The molecular weight excluding hydrogens is 282 g/mol. The lowest BCUT2D eigenvalue weighted by atomic mass is 10.0. The largest absolute Gasteiger partial charge is 0.506 e. The van der Waals surface area contributed by atoms with Crippen molar-refractivity contribution in [3.8, 4) is 5.75 Å². The molecular formula is C17H19NO2S. The highest BCUT2D eigenvalue weighted by Gasteiger charge is 2.27. The van der Waals surface area contributed by atoms with Crippen LogP contribution in [0.1, 0.15) is 39.0 Å². The van der Waals surface area contributed by atoms with Crippen LogP contribution in [0, 0.1) is 6.92 Å². The van der Waals surface area contributed by atoms with E-state index in [0.717, 1.165) is 29.7 Å². The number of amides is 1. The van der Waals surface area contributed by atoms with E-state index in [0.29, 0.717) is 12.2 Å². The summed E-state index contributed by atoms with van der Waals surface area (Å²) in [5, 5.41) is 10.1. The first-order valence-electron chi connectivity index (χ1n) is 7.34. The Hall–Kier alpha value is -1.81. The number of phenols is 1. The second kappa shape index (κ2) is 5.53. The van der Waals surface area contributed by atoms with Crippen molar-refractivity contribution in [2.45, 2.75) is 33.1 Å². The number of para-hydroxylation sites is 1. The highest BCUT2D eigenvalue weighted by atomic mass is 32.1. The van der Waals surface area contributed by atoms with Gasteiger partial charge in [-0.15, -0.1) is 11.3 Å². The van der Waals surface area contributed by atoms with Gasteiger partial charge in [0.05, 0.1) is 10.6 Å². The number of nitrogens with zero attached hydrogens (tertiary/aromatic N) is 1. The molecule has 0 atom stereocenters. The Balaban J connectivity index is 2.00. The summed E-state index contributed by atoms with van der Waals surface area (Å²) in [6.07, 6.45) is 2.80. The number of hydrogen-bond acceptors (Lipinski definition) is 3. The highest BCUT2D eigenvalue weighted by Crippen LogP contribution is 2.37. The molecule has 2 aromatic rings. The minimum Gasteiger partial charge on any atom is -0.506 e. The van der Waals surface area contributed by atoms with Crippen molar-refractivity contribution in [2.75, 3.05) is 11.4 Å². The molecule has 1 N–H and O–H groups in total. The van der Waals surface area contributed by atoms with Gasteiger partial charge in [-0.3, -0.25) is 4.79 Å². The molecule has 2 heterocycles. The fourth-order valence-electron chi connectivity index (χ4n) is 2.94. The molecule has 0 fully saturated rings. The molecule has 0 aliphatic carbocycles. The lowest BCUT2D eigenvalue weighted by molar-refractivity contribution is 0.0988. The molecule has 4 heteroatoms. The first-order valence-corrected chi connectivity index (χ1v) is 8.15. The maximum absolute atomic E-state index is 12.8. The maximum atomic E-state index is 12.8. The molecule has 0 radical (unpaired) electrons. The van der Waals surface area contributed by atoms with Crippen molar-refractivity contribution in [3.63, 3.8) is 0 Å². The number of aromatic hydroxyl groups is 1. The van der Waals surface area contributed by atoms with Gasteiger partial charge in [-0.25, -0.2) is 0 Å². The van der Waals surface area contributed by atoms with E-state index in [2.05, 4.69) is 6.92 Å². The summed E-state index contributed by atoms with van der Waals surface area (Å²) in [6, 6.07) is 7.46. The number of rotatable bonds is 2. The van der Waals surface area contributed by atoms with Gasteiger partial charge < -0.3 is 10.0 Å². The van der Waals surface area contributed by atoms with E-state index in [-0.39, 0.29) is 11.7 Å². The van der Waals surface area contributed by atoms with Crippen LogP contribution >= 0.6 is 11.3 Å². The van der Waals surface area contributed by atoms with Crippen LogP contribution in [0.4, 0.5) is 5.69 Å². The van der Waals surface area contributed by atoms with Crippen LogP contribution in [-0.4, -0.2) is 17.6 Å². The third kappa shape index (κ3) is 2.44. The van der Waals surface area contributed by atoms with Gasteiger partial charge >= 0.3 is 0 Å². The van der Waals surface area contributed by atoms with E-state index in [4.69, 9.17) is 0 Å². The van der Waals surface area contributed by atoms with Crippen LogP contribution < -0.4 is 4.90 Å². The third-order valence-electron chi connectivity index (χ3n) is 3.99. The molecule has 1 aliphatic heterocycles. The zero-order chi connectivity index (χ0) is 15.0. The number of aryl methyl sites for hydroxylation is 3. The number of fused-ring (bicyclic) bond motifs is 1. The summed E-state index contributed by atoms with van der Waals surface area (Å²) in [6.45, 7) is 4.82. The number of phenolic OH excluding ortho intramolecular Hbond substituents is 1. The summed E-state index contributed by atoms with van der Waals surface area (Å²) in [7, 11) is 0. The number of benzene rings is 1. The second-order valence-corrected chi connectivity index (χ2v) is 6.55. The summed E-state index contributed by atoms with van der Waals surface area (Å²) >= 11 is 1.57. The van der Waals surface area contributed by atoms with Gasteiger partial charge in [0.25, 0.3) is 5.91 Å². The zero-order valence-corrected chi connectivity index (χ0v) is 13.2. The normalized spacial score (nSPS) is 14.1. The third-order valence-corrected chi connectivity index (χ3v) is 5.36. The Morgan fingerprint density at radius 2 is 2.24 bits per heavy atom. The number of thiophene rings is 1. The lowest BCUT2D eigenvalue weighted by Crippen LogP contribution is -2.35. The molecule has 1 aliphatic rings. The smallest absolute Gasteiger partial charge is 0.268 e. The predicted molar refractivity (Wildman–Crippen MR) is 86.5 cm³/mol. The molecule has 3 nitrogen and oxygen atoms in total. The molecule has 3 rings (SSSR count). The SMILES string of the molecule is CCc1sc(C(=O)N2CCCc3cccc(O)c32)cc1C.